The van der Waals surface area contributed by atoms with Crippen LogP contribution >= 0.6 is 0 Å². The summed E-state index contributed by atoms with van der Waals surface area (Å²) in [6.45, 7) is 4.60. The van der Waals surface area contributed by atoms with Gasteiger partial charge in [-0.05, 0) is 13.0 Å². The van der Waals surface area contributed by atoms with E-state index in [4.69, 9.17) is 0 Å². The van der Waals surface area contributed by atoms with Crippen molar-refractivity contribution in [2.75, 3.05) is 13.1 Å². The van der Waals surface area contributed by atoms with Crippen molar-refractivity contribution in [2.45, 2.75) is 26.4 Å². The van der Waals surface area contributed by atoms with Gasteiger partial charge in [-0.2, -0.15) is 13.2 Å². The smallest absolute Gasteiger partial charge is 0.316 e. The minimum atomic E-state index is -3.98. The molecule has 0 aromatic carbocycles. The van der Waals surface area contributed by atoms with E-state index in [1.165, 1.54) is 0 Å². The Morgan fingerprint density at radius 1 is 1.27 bits per heavy atom. The molecule has 11 heavy (non-hydrogen) atoms. The van der Waals surface area contributed by atoms with Gasteiger partial charge in [0.15, 0.2) is 0 Å². The quantitative estimate of drug-likeness (QED) is 0.586. The van der Waals surface area contributed by atoms with Crippen molar-refractivity contribution in [3.8, 4) is 0 Å². The van der Waals surface area contributed by atoms with Crippen molar-refractivity contribution in [3.63, 3.8) is 0 Å². The van der Waals surface area contributed by atoms with Crippen LogP contribution in [-0.2, 0) is 0 Å². The summed E-state index contributed by atoms with van der Waals surface area (Å²) in [6, 6.07) is 0. The minimum absolute atomic E-state index is 0.101. The van der Waals surface area contributed by atoms with Crippen molar-refractivity contribution in [1.82, 2.24) is 5.32 Å². The van der Waals surface area contributed by atoms with Gasteiger partial charge in [-0.15, -0.1) is 0 Å². The van der Waals surface area contributed by atoms with Gasteiger partial charge in [0.1, 0.15) is 0 Å². The molecular formula is C7H14F3N. The Labute approximate surface area is 65.0 Å². The highest BCUT2D eigenvalue weighted by Gasteiger charge is 2.40. The van der Waals surface area contributed by atoms with Gasteiger partial charge in [0.2, 0.25) is 0 Å². The predicted octanol–water partition coefficient (Wildman–Crippen LogP) is 2.18. The summed E-state index contributed by atoms with van der Waals surface area (Å²) in [7, 11) is 0. The Bertz CT molecular complexity index is 94.3. The Hall–Kier alpha value is -0.250. The van der Waals surface area contributed by atoms with Crippen LogP contribution in [0.25, 0.3) is 0 Å². The minimum Gasteiger partial charge on any atom is -0.316 e. The van der Waals surface area contributed by atoms with E-state index in [9.17, 15) is 13.2 Å². The fraction of sp³-hybridized carbons (Fsp3) is 1.00. The molecule has 0 aromatic rings. The van der Waals surface area contributed by atoms with Gasteiger partial charge < -0.3 is 5.32 Å². The second kappa shape index (κ2) is 4.59. The number of alkyl halides is 3. The van der Waals surface area contributed by atoms with Gasteiger partial charge in [0, 0.05) is 6.54 Å². The summed E-state index contributed by atoms with van der Waals surface area (Å²) in [6.07, 6.45) is -3.74. The molecule has 68 valence electrons. The van der Waals surface area contributed by atoms with Crippen molar-refractivity contribution < 1.29 is 13.2 Å². The highest BCUT2D eigenvalue weighted by atomic mass is 19.4. The monoisotopic (exact) mass is 169 g/mol. The van der Waals surface area contributed by atoms with E-state index in [-0.39, 0.29) is 13.0 Å². The number of halogens is 3. The third-order valence-corrected chi connectivity index (χ3v) is 1.52. The molecule has 1 rings (SSSR count). The number of rotatable bonds is 0. The van der Waals surface area contributed by atoms with Crippen LogP contribution in [0.3, 0.4) is 0 Å². The second-order valence-electron chi connectivity index (χ2n) is 2.23. The van der Waals surface area contributed by atoms with Gasteiger partial charge >= 0.3 is 6.18 Å². The van der Waals surface area contributed by atoms with Crippen LogP contribution in [0.2, 0.25) is 0 Å². The zero-order valence-corrected chi connectivity index (χ0v) is 6.83. The number of hydrogen-bond donors (Lipinski definition) is 1. The zero-order chi connectivity index (χ0) is 8.91. The Morgan fingerprint density at radius 3 is 2.00 bits per heavy atom. The molecule has 0 saturated carbocycles. The van der Waals surface area contributed by atoms with E-state index >= 15 is 0 Å². The first-order chi connectivity index (χ1) is 5.11. The van der Waals surface area contributed by atoms with Gasteiger partial charge in [0.25, 0.3) is 0 Å². The van der Waals surface area contributed by atoms with Gasteiger partial charge in [-0.3, -0.25) is 0 Å². The molecule has 4 heteroatoms. The molecule has 0 bridgehead atoms. The van der Waals surface area contributed by atoms with E-state index in [0.29, 0.717) is 6.54 Å². The van der Waals surface area contributed by atoms with Gasteiger partial charge in [-0.1, -0.05) is 13.8 Å². The highest BCUT2D eigenvalue weighted by molar-refractivity contribution is 4.76. The van der Waals surface area contributed by atoms with E-state index in [1.807, 2.05) is 13.8 Å². The summed E-state index contributed by atoms with van der Waals surface area (Å²) < 4.78 is 35.2. The molecule has 1 fully saturated rings. The van der Waals surface area contributed by atoms with Crippen LogP contribution in [0.1, 0.15) is 20.3 Å². The predicted molar refractivity (Wildman–Crippen MR) is 38.4 cm³/mol. The summed E-state index contributed by atoms with van der Waals surface area (Å²) in [4.78, 5) is 0. The molecule has 1 N–H and O–H groups in total. The molecule has 1 heterocycles. The van der Waals surface area contributed by atoms with Crippen LogP contribution in [0.4, 0.5) is 13.2 Å². The fourth-order valence-electron chi connectivity index (χ4n) is 0.934. The topological polar surface area (TPSA) is 12.0 Å². The number of nitrogens with one attached hydrogen (secondary N) is 1. The lowest BCUT2D eigenvalue weighted by atomic mass is 10.1. The molecule has 0 radical (unpaired) electrons. The molecule has 1 atom stereocenters. The Kier molecular flexibility index (Phi) is 4.49. The Balaban J connectivity index is 0.000000461. The lowest BCUT2D eigenvalue weighted by molar-refractivity contribution is -0.168. The fourth-order valence-corrected chi connectivity index (χ4v) is 0.934. The normalized spacial score (nSPS) is 24.3. The van der Waals surface area contributed by atoms with Crippen LogP contribution < -0.4 is 5.32 Å². The highest BCUT2D eigenvalue weighted by Crippen LogP contribution is 2.29. The lowest BCUT2D eigenvalue weighted by Crippen LogP contribution is -2.24. The third-order valence-electron chi connectivity index (χ3n) is 1.52. The van der Waals surface area contributed by atoms with Crippen molar-refractivity contribution >= 4 is 0 Å². The van der Waals surface area contributed by atoms with Gasteiger partial charge in [0.05, 0.1) is 5.92 Å². The summed E-state index contributed by atoms with van der Waals surface area (Å²) in [5, 5.41) is 2.66. The molecule has 1 nitrogen and oxygen atoms in total. The van der Waals surface area contributed by atoms with Crippen molar-refractivity contribution in [1.29, 1.82) is 0 Å². The van der Waals surface area contributed by atoms with Crippen LogP contribution in [0.15, 0.2) is 0 Å². The molecule has 0 spiro atoms. The molecule has 1 aliphatic heterocycles. The first kappa shape index (κ1) is 10.8. The average Bonchev–Trinajstić information content (AvgIpc) is 2.40. The zero-order valence-electron chi connectivity index (χ0n) is 6.83. The first-order valence-corrected chi connectivity index (χ1v) is 3.88. The molecule has 0 amide bonds. The molecule has 1 aliphatic rings. The van der Waals surface area contributed by atoms with Crippen molar-refractivity contribution in [2.24, 2.45) is 5.92 Å². The van der Waals surface area contributed by atoms with Crippen LogP contribution in [0.5, 0.6) is 0 Å². The first-order valence-electron chi connectivity index (χ1n) is 3.88. The van der Waals surface area contributed by atoms with Crippen LogP contribution in [0, 0.1) is 5.92 Å². The van der Waals surface area contributed by atoms with E-state index in [0.717, 1.165) is 0 Å². The van der Waals surface area contributed by atoms with E-state index in [2.05, 4.69) is 5.32 Å². The maximum Gasteiger partial charge on any atom is 0.393 e. The molecule has 1 unspecified atom stereocenters. The average molecular weight is 169 g/mol. The molecule has 0 aliphatic carbocycles. The largest absolute Gasteiger partial charge is 0.393 e. The standard InChI is InChI=1S/C5H8F3N.C2H6/c6-5(7,8)4-1-2-9-3-4;1-2/h4,9H,1-3H2;1-2H3. The summed E-state index contributed by atoms with van der Waals surface area (Å²) in [5.74, 6) is -1.10. The number of hydrogen-bond acceptors (Lipinski definition) is 1. The summed E-state index contributed by atoms with van der Waals surface area (Å²) >= 11 is 0. The van der Waals surface area contributed by atoms with E-state index in [1.54, 1.807) is 0 Å². The maximum absolute atomic E-state index is 11.7. The van der Waals surface area contributed by atoms with Crippen molar-refractivity contribution in [3.05, 3.63) is 0 Å². The second-order valence-corrected chi connectivity index (χ2v) is 2.23. The Morgan fingerprint density at radius 2 is 1.82 bits per heavy atom. The SMILES string of the molecule is CC.FC(F)(F)C1CCNC1. The third kappa shape index (κ3) is 3.60. The molecule has 0 aromatic heterocycles. The maximum atomic E-state index is 11.7. The van der Waals surface area contributed by atoms with Gasteiger partial charge in [-0.25, -0.2) is 0 Å². The lowest BCUT2D eigenvalue weighted by Gasteiger charge is -2.11. The molecule has 1 saturated heterocycles. The van der Waals surface area contributed by atoms with Crippen LogP contribution in [-0.4, -0.2) is 19.3 Å². The summed E-state index contributed by atoms with van der Waals surface area (Å²) in [5.41, 5.74) is 0. The van der Waals surface area contributed by atoms with E-state index < -0.39 is 12.1 Å². The molecular weight excluding hydrogens is 155 g/mol.